The fourth-order valence-electron chi connectivity index (χ4n) is 2.44. The molecule has 1 unspecified atom stereocenters. The Morgan fingerprint density at radius 1 is 0.905 bits per heavy atom. The van der Waals surface area contributed by atoms with Gasteiger partial charge in [-0.1, -0.05) is 59.2 Å². The molecule has 0 spiro atoms. The molecule has 21 heavy (non-hydrogen) atoms. The highest BCUT2D eigenvalue weighted by Crippen LogP contribution is 2.37. The van der Waals surface area contributed by atoms with Crippen LogP contribution in [0.2, 0.25) is 5.02 Å². The minimum atomic E-state index is -0.830. The van der Waals surface area contributed by atoms with Gasteiger partial charge < -0.3 is 5.11 Å². The number of hydrogen-bond acceptors (Lipinski definition) is 3. The molecule has 0 saturated heterocycles. The third-order valence-corrected chi connectivity index (χ3v) is 3.84. The summed E-state index contributed by atoms with van der Waals surface area (Å²) >= 11 is 6.14. The zero-order valence-corrected chi connectivity index (χ0v) is 11.8. The van der Waals surface area contributed by atoms with Crippen molar-refractivity contribution in [3.8, 4) is 5.75 Å². The molecule has 3 aromatic carbocycles. The number of fused-ring (bicyclic) bond motifs is 1. The van der Waals surface area contributed by atoms with E-state index in [2.05, 4.69) is 5.18 Å². The molecule has 0 radical (unpaired) electrons. The lowest BCUT2D eigenvalue weighted by Crippen LogP contribution is -1.99. The van der Waals surface area contributed by atoms with Gasteiger partial charge in [0.15, 0.2) is 0 Å². The van der Waals surface area contributed by atoms with E-state index in [1.807, 2.05) is 24.3 Å². The number of phenolic OH excluding ortho intramolecular Hbond substituents is 1. The molecule has 0 aromatic heterocycles. The lowest BCUT2D eigenvalue weighted by atomic mass is 9.96. The van der Waals surface area contributed by atoms with E-state index in [1.54, 1.807) is 36.4 Å². The Morgan fingerprint density at radius 3 is 2.19 bits per heavy atom. The number of benzene rings is 3. The molecule has 3 aromatic rings. The quantitative estimate of drug-likeness (QED) is 0.687. The van der Waals surface area contributed by atoms with Crippen molar-refractivity contribution in [2.75, 3.05) is 0 Å². The highest BCUT2D eigenvalue weighted by molar-refractivity contribution is 6.31. The molecule has 0 amide bonds. The predicted octanol–water partition coefficient (Wildman–Crippen LogP) is 5.05. The number of hydrogen-bond donors (Lipinski definition) is 1. The van der Waals surface area contributed by atoms with Crippen molar-refractivity contribution in [1.82, 2.24) is 0 Å². The first-order chi connectivity index (χ1) is 10.2. The van der Waals surface area contributed by atoms with E-state index in [1.165, 1.54) is 0 Å². The van der Waals surface area contributed by atoms with Crippen LogP contribution in [0.3, 0.4) is 0 Å². The molecule has 1 N–H and O–H groups in total. The molecule has 0 bridgehead atoms. The summed E-state index contributed by atoms with van der Waals surface area (Å²) in [7, 11) is 0. The molecular formula is C17H12ClNO2. The monoisotopic (exact) mass is 297 g/mol. The maximum atomic E-state index is 11.3. The second kappa shape index (κ2) is 5.54. The fraction of sp³-hybridized carbons (Fsp3) is 0.0588. The van der Waals surface area contributed by atoms with Gasteiger partial charge in [0.05, 0.1) is 0 Å². The van der Waals surface area contributed by atoms with Gasteiger partial charge in [-0.15, -0.1) is 4.91 Å². The van der Waals surface area contributed by atoms with Crippen molar-refractivity contribution in [3.05, 3.63) is 81.7 Å². The van der Waals surface area contributed by atoms with Crippen LogP contribution < -0.4 is 0 Å². The van der Waals surface area contributed by atoms with Crippen molar-refractivity contribution in [2.24, 2.45) is 5.18 Å². The summed E-state index contributed by atoms with van der Waals surface area (Å²) in [6.45, 7) is 0. The second-order valence-corrected chi connectivity index (χ2v) is 5.19. The number of phenols is 1. The maximum absolute atomic E-state index is 11.3. The van der Waals surface area contributed by atoms with Gasteiger partial charge >= 0.3 is 0 Å². The van der Waals surface area contributed by atoms with Crippen LogP contribution in [0.15, 0.2) is 65.8 Å². The zero-order chi connectivity index (χ0) is 14.8. The minimum Gasteiger partial charge on any atom is -0.508 e. The lowest BCUT2D eigenvalue weighted by Gasteiger charge is -2.14. The zero-order valence-electron chi connectivity index (χ0n) is 11.0. The largest absolute Gasteiger partial charge is 0.508 e. The van der Waals surface area contributed by atoms with Gasteiger partial charge in [-0.3, -0.25) is 0 Å². The summed E-state index contributed by atoms with van der Waals surface area (Å²) in [4.78, 5) is 11.3. The first kappa shape index (κ1) is 13.6. The number of halogens is 1. The van der Waals surface area contributed by atoms with Crippen LogP contribution in [0.25, 0.3) is 10.8 Å². The van der Waals surface area contributed by atoms with E-state index in [-0.39, 0.29) is 5.75 Å². The van der Waals surface area contributed by atoms with Crippen LogP contribution in [0.1, 0.15) is 17.2 Å². The van der Waals surface area contributed by atoms with Gasteiger partial charge in [-0.25, -0.2) is 0 Å². The highest BCUT2D eigenvalue weighted by Gasteiger charge is 2.21. The van der Waals surface area contributed by atoms with Gasteiger partial charge in [-0.05, 0) is 29.0 Å². The number of aromatic hydroxyl groups is 1. The molecule has 0 saturated carbocycles. The molecule has 0 fully saturated rings. The summed E-state index contributed by atoms with van der Waals surface area (Å²) in [5, 5.41) is 15.7. The van der Waals surface area contributed by atoms with Gasteiger partial charge in [0.25, 0.3) is 0 Å². The van der Waals surface area contributed by atoms with Crippen LogP contribution in [-0.2, 0) is 0 Å². The van der Waals surface area contributed by atoms with E-state index < -0.39 is 6.04 Å². The summed E-state index contributed by atoms with van der Waals surface area (Å²) < 4.78 is 0. The molecule has 1 atom stereocenters. The summed E-state index contributed by atoms with van der Waals surface area (Å²) in [5.74, 6) is 0.0400. The SMILES string of the molecule is O=NC(c1cc2ccccc2cc1O)c1ccccc1Cl. The van der Waals surface area contributed by atoms with Crippen LogP contribution in [0.4, 0.5) is 0 Å². The summed E-state index contributed by atoms with van der Waals surface area (Å²) in [5.41, 5.74) is 1.04. The second-order valence-electron chi connectivity index (χ2n) is 4.79. The van der Waals surface area contributed by atoms with Crippen molar-refractivity contribution in [2.45, 2.75) is 6.04 Å². The standard InChI is InChI=1S/C17H12ClNO2/c18-15-8-4-3-7-13(15)17(19-21)14-9-11-5-1-2-6-12(11)10-16(14)20/h1-10,17,20H. The smallest absolute Gasteiger partial charge is 0.147 e. The van der Waals surface area contributed by atoms with Crippen molar-refractivity contribution >= 4 is 22.4 Å². The van der Waals surface area contributed by atoms with Crippen molar-refractivity contribution in [1.29, 1.82) is 0 Å². The molecule has 0 aliphatic rings. The third-order valence-electron chi connectivity index (χ3n) is 3.49. The number of nitroso groups, excluding NO2 is 1. The van der Waals surface area contributed by atoms with Gasteiger partial charge in [-0.2, -0.15) is 0 Å². The molecule has 0 aliphatic heterocycles. The van der Waals surface area contributed by atoms with Crippen molar-refractivity contribution < 1.29 is 5.11 Å². The molecule has 4 heteroatoms. The average molecular weight is 298 g/mol. The van der Waals surface area contributed by atoms with E-state index in [9.17, 15) is 10.0 Å². The molecule has 3 nitrogen and oxygen atoms in total. The third kappa shape index (κ3) is 2.48. The minimum absolute atomic E-state index is 0.0400. The van der Waals surface area contributed by atoms with Crippen LogP contribution in [0, 0.1) is 4.91 Å². The first-order valence-corrected chi connectivity index (χ1v) is 6.87. The van der Waals surface area contributed by atoms with E-state index in [4.69, 9.17) is 11.6 Å². The van der Waals surface area contributed by atoms with E-state index in [0.29, 0.717) is 16.1 Å². The Balaban J connectivity index is 2.19. The maximum Gasteiger partial charge on any atom is 0.147 e. The van der Waals surface area contributed by atoms with E-state index in [0.717, 1.165) is 10.8 Å². The Bertz CT molecular complexity index is 817. The van der Waals surface area contributed by atoms with Crippen molar-refractivity contribution in [3.63, 3.8) is 0 Å². The highest BCUT2D eigenvalue weighted by atomic mass is 35.5. The lowest BCUT2D eigenvalue weighted by molar-refractivity contribution is 0.466. The molecule has 3 rings (SSSR count). The topological polar surface area (TPSA) is 49.7 Å². The average Bonchev–Trinajstić information content (AvgIpc) is 2.50. The predicted molar refractivity (Wildman–Crippen MR) is 84.7 cm³/mol. The van der Waals surface area contributed by atoms with Crippen LogP contribution in [0.5, 0.6) is 5.75 Å². The summed E-state index contributed by atoms with van der Waals surface area (Å²) in [6, 6.07) is 17.2. The fourth-order valence-corrected chi connectivity index (χ4v) is 2.68. The number of rotatable bonds is 3. The van der Waals surface area contributed by atoms with Gasteiger partial charge in [0.1, 0.15) is 11.8 Å². The molecule has 0 aliphatic carbocycles. The van der Waals surface area contributed by atoms with Crippen LogP contribution in [-0.4, -0.2) is 5.11 Å². The van der Waals surface area contributed by atoms with E-state index >= 15 is 0 Å². The van der Waals surface area contributed by atoms with Gasteiger partial charge in [0, 0.05) is 16.1 Å². The Hall–Kier alpha value is -2.39. The number of nitrogens with zero attached hydrogens (tertiary/aromatic N) is 1. The summed E-state index contributed by atoms with van der Waals surface area (Å²) in [6.07, 6.45) is 0. The molecule has 0 heterocycles. The normalized spacial score (nSPS) is 12.2. The Kier molecular flexibility index (Phi) is 3.59. The molecule has 104 valence electrons. The van der Waals surface area contributed by atoms with Gasteiger partial charge in [0.2, 0.25) is 0 Å². The van der Waals surface area contributed by atoms with Crippen LogP contribution >= 0.6 is 11.6 Å². The Morgan fingerprint density at radius 2 is 1.52 bits per heavy atom. The first-order valence-electron chi connectivity index (χ1n) is 6.49. The molecular weight excluding hydrogens is 286 g/mol. The Labute approximate surface area is 126 Å².